The molecule has 0 bridgehead atoms. The van der Waals surface area contributed by atoms with Gasteiger partial charge in [-0.25, -0.2) is 0 Å². The Labute approximate surface area is 282 Å². The van der Waals surface area contributed by atoms with Crippen LogP contribution in [0.1, 0.15) is 0 Å². The van der Waals surface area contributed by atoms with E-state index in [2.05, 4.69) is 172 Å². The van der Waals surface area contributed by atoms with E-state index in [1.165, 1.54) is 32.9 Å². The van der Waals surface area contributed by atoms with Gasteiger partial charge in [0.1, 0.15) is 11.2 Å². The molecule has 0 aliphatic rings. The Kier molecular flexibility index (Phi) is 6.15. The van der Waals surface area contributed by atoms with Crippen molar-refractivity contribution in [3.05, 3.63) is 176 Å². The number of rotatable bonds is 5. The minimum Gasteiger partial charge on any atom is -0.455 e. The van der Waals surface area contributed by atoms with Gasteiger partial charge in [-0.15, -0.1) is 0 Å². The van der Waals surface area contributed by atoms with E-state index >= 15 is 0 Å². The van der Waals surface area contributed by atoms with Crippen molar-refractivity contribution >= 4 is 71.6 Å². The fraction of sp³-hybridized carbons (Fsp3) is 0. The molecule has 0 amide bonds. The summed E-state index contributed by atoms with van der Waals surface area (Å²) < 4.78 is 8.97. The highest BCUT2D eigenvalue weighted by Crippen LogP contribution is 2.45. The van der Waals surface area contributed by atoms with Crippen LogP contribution in [0.25, 0.3) is 71.3 Å². The van der Waals surface area contributed by atoms with Gasteiger partial charge >= 0.3 is 0 Å². The number of nitrogens with zero attached hydrogens (tertiary/aromatic N) is 3. The van der Waals surface area contributed by atoms with Crippen LogP contribution in [0.3, 0.4) is 0 Å². The summed E-state index contributed by atoms with van der Waals surface area (Å²) in [7, 11) is 0. The maximum Gasteiger partial charge on any atom is 0.144 e. The first-order valence-electron chi connectivity index (χ1n) is 16.5. The molecule has 3 heterocycles. The number of furan rings is 1. The van der Waals surface area contributed by atoms with Gasteiger partial charge in [0.05, 0.1) is 22.1 Å². The molecule has 0 unspecified atom stereocenters. The third-order valence-corrected chi connectivity index (χ3v) is 9.66. The minimum absolute atomic E-state index is 0.844. The molecule has 230 valence electrons. The van der Waals surface area contributed by atoms with E-state index in [0.717, 1.165) is 55.5 Å². The normalized spacial score (nSPS) is 11.7. The first kappa shape index (κ1) is 27.5. The van der Waals surface area contributed by atoms with E-state index in [9.17, 15) is 0 Å². The van der Waals surface area contributed by atoms with Crippen molar-refractivity contribution in [2.75, 3.05) is 4.90 Å². The molecule has 10 aromatic rings. The van der Waals surface area contributed by atoms with Crippen molar-refractivity contribution in [1.29, 1.82) is 0 Å². The maximum absolute atomic E-state index is 6.62. The van der Waals surface area contributed by atoms with Gasteiger partial charge in [0.25, 0.3) is 0 Å². The summed E-state index contributed by atoms with van der Waals surface area (Å²) in [4.78, 5) is 6.79. The summed E-state index contributed by atoms with van der Waals surface area (Å²) in [6.45, 7) is 0. The van der Waals surface area contributed by atoms with Crippen molar-refractivity contribution < 1.29 is 4.42 Å². The topological polar surface area (TPSA) is 34.2 Å². The number of para-hydroxylation sites is 2. The Morgan fingerprint density at radius 3 is 2.10 bits per heavy atom. The van der Waals surface area contributed by atoms with Crippen LogP contribution in [0.15, 0.2) is 181 Å². The van der Waals surface area contributed by atoms with Gasteiger partial charge < -0.3 is 13.9 Å². The molecule has 3 aromatic heterocycles. The molecule has 0 fully saturated rings. The zero-order chi connectivity index (χ0) is 32.3. The highest BCUT2D eigenvalue weighted by atomic mass is 16.3. The Morgan fingerprint density at radius 1 is 0.510 bits per heavy atom. The lowest BCUT2D eigenvalue weighted by molar-refractivity contribution is 0.672. The highest BCUT2D eigenvalue weighted by molar-refractivity contribution is 6.20. The van der Waals surface area contributed by atoms with E-state index in [1.54, 1.807) is 0 Å². The lowest BCUT2D eigenvalue weighted by Gasteiger charge is -2.26. The van der Waals surface area contributed by atoms with Gasteiger partial charge in [-0.1, -0.05) is 91.0 Å². The molecule has 0 atom stereocenters. The molecule has 0 saturated carbocycles. The van der Waals surface area contributed by atoms with Crippen LogP contribution >= 0.6 is 0 Å². The van der Waals surface area contributed by atoms with Gasteiger partial charge in [-0.2, -0.15) is 0 Å². The zero-order valence-corrected chi connectivity index (χ0v) is 26.5. The maximum atomic E-state index is 6.62. The van der Waals surface area contributed by atoms with Crippen molar-refractivity contribution in [2.24, 2.45) is 0 Å². The zero-order valence-electron chi connectivity index (χ0n) is 26.5. The summed E-state index contributed by atoms with van der Waals surface area (Å²) in [6, 6.07) is 58.2. The van der Waals surface area contributed by atoms with Crippen molar-refractivity contribution in [1.82, 2.24) is 9.55 Å². The van der Waals surface area contributed by atoms with Crippen LogP contribution in [0, 0.1) is 0 Å². The van der Waals surface area contributed by atoms with Crippen LogP contribution in [0.2, 0.25) is 0 Å². The standard InChI is InChI=1S/C45H29N3O/c1-3-10-30(11-4-1)31-18-21-34(22-19-31)47(42-16-9-17-43-44(42)37-24-20-32-26-27-46-29-39(32)45(37)49-43)35-23-25-41-38(28-35)36-14-7-8-15-40(36)48(41)33-12-5-2-6-13-33/h1-29H. The van der Waals surface area contributed by atoms with E-state index in [1.807, 2.05) is 18.5 Å². The predicted molar refractivity (Wildman–Crippen MR) is 203 cm³/mol. The summed E-state index contributed by atoms with van der Waals surface area (Å²) >= 11 is 0. The quantitative estimate of drug-likeness (QED) is 0.190. The molecule has 0 radical (unpaired) electrons. The molecule has 0 N–H and O–H groups in total. The number of fused-ring (bicyclic) bond motifs is 8. The molecule has 49 heavy (non-hydrogen) atoms. The Bertz CT molecular complexity index is 2820. The van der Waals surface area contributed by atoms with Gasteiger partial charge in [0.2, 0.25) is 0 Å². The molecule has 0 aliphatic heterocycles. The van der Waals surface area contributed by atoms with E-state index in [-0.39, 0.29) is 0 Å². The lowest BCUT2D eigenvalue weighted by atomic mass is 10.0. The number of benzene rings is 7. The second kappa shape index (κ2) is 11.0. The average molecular weight is 628 g/mol. The third-order valence-electron chi connectivity index (χ3n) is 9.66. The number of anilines is 3. The average Bonchev–Trinajstić information content (AvgIpc) is 3.72. The molecule has 0 saturated heterocycles. The molecule has 0 spiro atoms. The molecule has 4 nitrogen and oxygen atoms in total. The summed E-state index contributed by atoms with van der Waals surface area (Å²) in [5.74, 6) is 0. The lowest BCUT2D eigenvalue weighted by Crippen LogP contribution is -2.10. The minimum atomic E-state index is 0.844. The molecular weight excluding hydrogens is 599 g/mol. The van der Waals surface area contributed by atoms with Crippen molar-refractivity contribution in [3.8, 4) is 16.8 Å². The third kappa shape index (κ3) is 4.35. The van der Waals surface area contributed by atoms with Crippen molar-refractivity contribution in [3.63, 3.8) is 0 Å². The first-order chi connectivity index (χ1) is 24.3. The molecular formula is C45H29N3O. The van der Waals surface area contributed by atoms with Crippen LogP contribution in [-0.2, 0) is 0 Å². The fourth-order valence-electron chi connectivity index (χ4n) is 7.43. The fourth-order valence-corrected chi connectivity index (χ4v) is 7.43. The SMILES string of the molecule is c1ccc(-c2ccc(N(c3ccc4c(c3)c3ccccc3n4-c3ccccc3)c3cccc4oc5c6cnccc6ccc5c34)cc2)cc1. The number of pyridine rings is 1. The van der Waals surface area contributed by atoms with E-state index < -0.39 is 0 Å². The number of aromatic nitrogens is 2. The smallest absolute Gasteiger partial charge is 0.144 e. The van der Waals surface area contributed by atoms with Gasteiger partial charge in [0.15, 0.2) is 0 Å². The van der Waals surface area contributed by atoms with Crippen LogP contribution in [0.5, 0.6) is 0 Å². The van der Waals surface area contributed by atoms with Crippen LogP contribution in [0.4, 0.5) is 17.1 Å². The summed E-state index contributed by atoms with van der Waals surface area (Å²) in [5.41, 5.74) is 10.8. The second-order valence-corrected chi connectivity index (χ2v) is 12.4. The Balaban J connectivity index is 1.24. The van der Waals surface area contributed by atoms with E-state index in [0.29, 0.717) is 0 Å². The predicted octanol–water partition coefficient (Wildman–Crippen LogP) is 12.4. The molecule has 0 aliphatic carbocycles. The highest BCUT2D eigenvalue weighted by Gasteiger charge is 2.22. The Hall–Kier alpha value is -6.65. The van der Waals surface area contributed by atoms with Gasteiger partial charge in [0, 0.05) is 51.0 Å². The van der Waals surface area contributed by atoms with Crippen molar-refractivity contribution in [2.45, 2.75) is 0 Å². The van der Waals surface area contributed by atoms with Gasteiger partial charge in [-0.05, 0) is 89.3 Å². The molecule has 4 heteroatoms. The molecule has 10 rings (SSSR count). The monoisotopic (exact) mass is 627 g/mol. The number of hydrogen-bond acceptors (Lipinski definition) is 3. The summed E-state index contributed by atoms with van der Waals surface area (Å²) in [5, 5.41) is 6.67. The van der Waals surface area contributed by atoms with Gasteiger partial charge in [-0.3, -0.25) is 4.98 Å². The van der Waals surface area contributed by atoms with E-state index in [4.69, 9.17) is 4.42 Å². The largest absolute Gasteiger partial charge is 0.455 e. The first-order valence-corrected chi connectivity index (χ1v) is 16.5. The molecule has 7 aromatic carbocycles. The summed E-state index contributed by atoms with van der Waals surface area (Å²) in [6.07, 6.45) is 3.73. The van der Waals surface area contributed by atoms with Crippen LogP contribution in [-0.4, -0.2) is 9.55 Å². The second-order valence-electron chi connectivity index (χ2n) is 12.4. The van der Waals surface area contributed by atoms with Crippen LogP contribution < -0.4 is 4.90 Å². The number of hydrogen-bond donors (Lipinski definition) is 0. The Morgan fingerprint density at radius 2 is 1.24 bits per heavy atom.